The lowest BCUT2D eigenvalue weighted by Gasteiger charge is -2.31. The molecule has 0 aromatic carbocycles. The van der Waals surface area contributed by atoms with Gasteiger partial charge in [-0.1, -0.05) is 13.8 Å². The van der Waals surface area contributed by atoms with E-state index < -0.39 is 0 Å². The Kier molecular flexibility index (Phi) is 24.9. The summed E-state index contributed by atoms with van der Waals surface area (Å²) in [5, 5.41) is 10.5. The van der Waals surface area contributed by atoms with Gasteiger partial charge in [0.15, 0.2) is 0 Å². The van der Waals surface area contributed by atoms with E-state index in [0.29, 0.717) is 32.1 Å². The van der Waals surface area contributed by atoms with E-state index in [2.05, 4.69) is 49.4 Å². The van der Waals surface area contributed by atoms with Gasteiger partial charge in [-0.25, -0.2) is 0 Å². The molecule has 0 bridgehead atoms. The number of hydrogen-bond acceptors (Lipinski definition) is 12. The lowest BCUT2D eigenvalue weighted by atomic mass is 10.2. The zero-order valence-corrected chi connectivity index (χ0v) is 26.1. The van der Waals surface area contributed by atoms with E-state index in [4.69, 9.17) is 28.7 Å². The molecule has 0 rings (SSSR count). The smallest absolute Gasteiger partial charge is 0.0604 e. The largest absolute Gasteiger partial charge is 0.329 e. The average Bonchev–Trinajstić information content (AvgIpc) is 2.86. The summed E-state index contributed by atoms with van der Waals surface area (Å²) in [7, 11) is 0. The minimum Gasteiger partial charge on any atom is -0.329 e. The number of nitrogens with zero attached hydrogens (tertiary/aromatic N) is 4. The monoisotopic (exact) mass is 561 g/mol. The van der Waals surface area contributed by atoms with Crippen LogP contribution in [0.2, 0.25) is 0 Å². The second kappa shape index (κ2) is 25.2. The zero-order chi connectivity index (χ0) is 29.4. The molecule has 0 aliphatic rings. The Balaban J connectivity index is 4.89. The summed E-state index contributed by atoms with van der Waals surface area (Å²) in [4.78, 5) is 9.90. The van der Waals surface area contributed by atoms with Crippen LogP contribution in [-0.2, 0) is 0 Å². The molecule has 0 spiro atoms. The molecule has 0 aliphatic carbocycles. The van der Waals surface area contributed by atoms with Crippen molar-refractivity contribution in [3.63, 3.8) is 0 Å². The van der Waals surface area contributed by atoms with Crippen LogP contribution in [0.15, 0.2) is 0 Å². The Labute approximate surface area is 241 Å². The minimum atomic E-state index is -0.377. The van der Waals surface area contributed by atoms with Crippen molar-refractivity contribution in [2.75, 3.05) is 137 Å². The van der Waals surface area contributed by atoms with E-state index in [1.165, 1.54) is 0 Å². The third-order valence-electron chi connectivity index (χ3n) is 6.57. The Bertz CT molecular complexity index is 511. The quantitative estimate of drug-likeness (QED) is 0.0347. The van der Waals surface area contributed by atoms with Crippen LogP contribution >= 0.6 is 0 Å². The molecule has 0 amide bonds. The molecule has 39 heavy (non-hydrogen) atoms. The van der Waals surface area contributed by atoms with Crippen molar-refractivity contribution >= 4 is 0 Å². The summed E-state index contributed by atoms with van der Waals surface area (Å²) in [5.74, 6) is 0.653. The summed E-state index contributed by atoms with van der Waals surface area (Å²) in [6, 6.07) is 0. The summed E-state index contributed by atoms with van der Waals surface area (Å²) in [6.45, 7) is 27.6. The van der Waals surface area contributed by atoms with Gasteiger partial charge in [0, 0.05) is 137 Å². The number of hydrogen-bond donors (Lipinski definition) is 8. The fourth-order valence-electron chi connectivity index (χ4n) is 4.53. The molecule has 0 aromatic heterocycles. The van der Waals surface area contributed by atoms with E-state index in [1.54, 1.807) is 0 Å². The second-order valence-corrected chi connectivity index (χ2v) is 11.5. The highest BCUT2D eigenvalue weighted by molar-refractivity contribution is 4.73. The fourth-order valence-corrected chi connectivity index (χ4v) is 4.53. The van der Waals surface area contributed by atoms with Gasteiger partial charge < -0.3 is 44.2 Å². The maximum atomic E-state index is 6.16. The lowest BCUT2D eigenvalue weighted by molar-refractivity contribution is 0.174. The molecule has 0 heterocycles. The fraction of sp³-hybridized carbons (Fsp3) is 1.00. The highest BCUT2D eigenvalue weighted by Crippen LogP contribution is 1.98. The molecule has 0 fully saturated rings. The molecule has 12 nitrogen and oxygen atoms in total. The molecular weight excluding hydrogens is 492 g/mol. The van der Waals surface area contributed by atoms with Gasteiger partial charge in [-0.15, -0.1) is 0 Å². The molecule has 0 unspecified atom stereocenters. The van der Waals surface area contributed by atoms with Crippen molar-refractivity contribution in [3.05, 3.63) is 0 Å². The van der Waals surface area contributed by atoms with Gasteiger partial charge in [0.1, 0.15) is 0 Å². The summed E-state index contributed by atoms with van der Waals surface area (Å²) >= 11 is 0. The van der Waals surface area contributed by atoms with Gasteiger partial charge in [-0.2, -0.15) is 0 Å². The Morgan fingerprint density at radius 3 is 1.33 bits per heavy atom. The van der Waals surface area contributed by atoms with Gasteiger partial charge >= 0.3 is 0 Å². The highest BCUT2D eigenvalue weighted by Gasteiger charge is 2.14. The van der Waals surface area contributed by atoms with E-state index in [-0.39, 0.29) is 5.66 Å². The molecule has 0 aromatic rings. The zero-order valence-electron chi connectivity index (χ0n) is 26.1. The molecule has 236 valence electrons. The predicted octanol–water partition coefficient (Wildman–Crippen LogP) is -2.85. The van der Waals surface area contributed by atoms with E-state index >= 15 is 0 Å². The molecule has 0 saturated heterocycles. The number of rotatable bonds is 29. The van der Waals surface area contributed by atoms with Crippen molar-refractivity contribution < 1.29 is 0 Å². The van der Waals surface area contributed by atoms with Gasteiger partial charge in [-0.3, -0.25) is 20.0 Å². The molecule has 0 atom stereocenters. The van der Waals surface area contributed by atoms with Gasteiger partial charge in [0.25, 0.3) is 0 Å². The molecule has 0 aliphatic heterocycles. The Morgan fingerprint density at radius 2 is 0.897 bits per heavy atom. The topological polar surface area (TPSA) is 179 Å². The molecule has 0 saturated carbocycles. The molecule has 12 heteroatoms. The third-order valence-corrected chi connectivity index (χ3v) is 6.57. The second-order valence-electron chi connectivity index (χ2n) is 11.5. The van der Waals surface area contributed by atoms with Crippen molar-refractivity contribution in [1.29, 1.82) is 0 Å². The van der Waals surface area contributed by atoms with Crippen LogP contribution in [0.4, 0.5) is 0 Å². The van der Waals surface area contributed by atoms with Gasteiger partial charge in [0.2, 0.25) is 0 Å². The first-order valence-electron chi connectivity index (χ1n) is 15.3. The SMILES string of the molecule is CC(C)CN(CCN)CCNCCN(CCNCCN)CCN(CCNC(C)(C)N)CCN(CCN)CCN. The number of nitrogens with two attached hydrogens (primary N) is 5. The lowest BCUT2D eigenvalue weighted by Crippen LogP contribution is -2.51. The number of nitrogens with one attached hydrogen (secondary N) is 3. The Hall–Kier alpha value is -0.480. The first-order valence-corrected chi connectivity index (χ1v) is 15.3. The van der Waals surface area contributed by atoms with Crippen molar-refractivity contribution in [3.8, 4) is 0 Å². The van der Waals surface area contributed by atoms with Crippen LogP contribution in [0, 0.1) is 5.92 Å². The average molecular weight is 561 g/mol. The maximum absolute atomic E-state index is 6.16. The molecule has 13 N–H and O–H groups in total. The third kappa shape index (κ3) is 25.0. The van der Waals surface area contributed by atoms with Crippen LogP contribution in [0.25, 0.3) is 0 Å². The standard InChI is InChI=1S/C27H68N12/c1-26(2)25-39(16-8-31)19-12-34-11-18-37(17-10-33-9-5-28)22-24-38(20-13-35-27(3,4)32)23-21-36(14-6-29)15-7-30/h26,33-35H,5-25,28-32H2,1-4H3. The van der Waals surface area contributed by atoms with Gasteiger partial charge in [-0.05, 0) is 19.8 Å². The summed E-state index contributed by atoms with van der Waals surface area (Å²) in [6.07, 6.45) is 0. The minimum absolute atomic E-state index is 0.377. The van der Waals surface area contributed by atoms with Crippen LogP contribution < -0.4 is 44.6 Å². The summed E-state index contributed by atoms with van der Waals surface area (Å²) in [5.41, 5.74) is 28.9. The van der Waals surface area contributed by atoms with E-state index in [1.807, 2.05) is 13.8 Å². The van der Waals surface area contributed by atoms with Crippen LogP contribution in [0.3, 0.4) is 0 Å². The molecule has 0 radical (unpaired) electrons. The van der Waals surface area contributed by atoms with Crippen LogP contribution in [-0.4, -0.2) is 163 Å². The maximum Gasteiger partial charge on any atom is 0.0604 e. The van der Waals surface area contributed by atoms with Crippen LogP contribution in [0.5, 0.6) is 0 Å². The first-order chi connectivity index (χ1) is 18.6. The van der Waals surface area contributed by atoms with Gasteiger partial charge in [0.05, 0.1) is 5.66 Å². The summed E-state index contributed by atoms with van der Waals surface area (Å²) < 4.78 is 0. The van der Waals surface area contributed by atoms with E-state index in [9.17, 15) is 0 Å². The van der Waals surface area contributed by atoms with E-state index in [0.717, 1.165) is 111 Å². The Morgan fingerprint density at radius 1 is 0.513 bits per heavy atom. The highest BCUT2D eigenvalue weighted by atomic mass is 15.2. The molecular formula is C27H68N12. The van der Waals surface area contributed by atoms with Crippen LogP contribution in [0.1, 0.15) is 27.7 Å². The van der Waals surface area contributed by atoms with Crippen molar-refractivity contribution in [2.45, 2.75) is 33.4 Å². The normalized spacial score (nSPS) is 12.8. The first kappa shape index (κ1) is 38.5. The van der Waals surface area contributed by atoms with Crippen molar-refractivity contribution in [1.82, 2.24) is 35.6 Å². The predicted molar refractivity (Wildman–Crippen MR) is 169 cm³/mol. The van der Waals surface area contributed by atoms with Crippen molar-refractivity contribution in [2.24, 2.45) is 34.6 Å².